The van der Waals surface area contributed by atoms with E-state index in [0.717, 1.165) is 13.0 Å². The fourth-order valence-corrected chi connectivity index (χ4v) is 3.64. The van der Waals surface area contributed by atoms with Crippen molar-refractivity contribution >= 4 is 22.9 Å². The van der Waals surface area contributed by atoms with Crippen LogP contribution < -0.4 is 0 Å². The van der Waals surface area contributed by atoms with Crippen molar-refractivity contribution in [3.63, 3.8) is 0 Å². The highest BCUT2D eigenvalue weighted by atomic mass is 16.6. The second kappa shape index (κ2) is 6.36. The molecule has 0 N–H and O–H groups in total. The van der Waals surface area contributed by atoms with Crippen LogP contribution in [0.5, 0.6) is 0 Å². The molecule has 0 saturated carbocycles. The lowest BCUT2D eigenvalue weighted by Gasteiger charge is -2.29. The van der Waals surface area contributed by atoms with Crippen molar-refractivity contribution < 1.29 is 29.3 Å². The van der Waals surface area contributed by atoms with E-state index in [4.69, 9.17) is 0 Å². The molecule has 14 nitrogen and oxygen atoms in total. The molecule has 14 heteroatoms. The Balaban J connectivity index is 2.46. The zero-order chi connectivity index (χ0) is 21.8. The molecule has 1 aromatic carbocycles. The number of nitro benzene ring substituents is 2. The smallest absolute Gasteiger partial charge is 0.281 e. The summed E-state index contributed by atoms with van der Waals surface area (Å²) in [6.45, 7) is 1.12. The predicted molar refractivity (Wildman–Crippen MR) is 90.2 cm³/mol. The first kappa shape index (κ1) is 19.4. The van der Waals surface area contributed by atoms with E-state index in [1.165, 1.54) is 0 Å². The minimum absolute atomic E-state index is 0.277. The van der Waals surface area contributed by atoms with Crippen LogP contribution in [0.4, 0.5) is 11.4 Å². The maximum atomic E-state index is 13.1. The van der Waals surface area contributed by atoms with Gasteiger partial charge in [0.1, 0.15) is 23.0 Å². The molecule has 0 saturated heterocycles. The van der Waals surface area contributed by atoms with E-state index in [0.29, 0.717) is 12.1 Å². The van der Waals surface area contributed by atoms with Crippen molar-refractivity contribution in [1.29, 1.82) is 0 Å². The minimum atomic E-state index is -2.02. The van der Waals surface area contributed by atoms with Gasteiger partial charge in [0.05, 0.1) is 19.7 Å². The summed E-state index contributed by atoms with van der Waals surface area (Å²) in [6, 6.07) is 1.27. The lowest BCUT2D eigenvalue weighted by molar-refractivity contribution is -0.447. The average molecular weight is 404 g/mol. The fraction of sp³-hybridized carbons (Fsp3) is 0.200. The predicted octanol–water partition coefficient (Wildman–Crippen LogP) is 1.84. The minimum Gasteiger partial charge on any atom is -0.293 e. The van der Waals surface area contributed by atoms with E-state index >= 15 is 0 Å². The molecule has 0 amide bonds. The molecule has 2 unspecified atom stereocenters. The number of hydrogen-bond acceptors (Lipinski definition) is 10. The number of carbonyl (C=O) groups is 2. The van der Waals surface area contributed by atoms with Gasteiger partial charge in [0, 0.05) is 23.8 Å². The molecule has 148 valence electrons. The van der Waals surface area contributed by atoms with Crippen LogP contribution in [0.25, 0.3) is 0 Å². The highest BCUT2D eigenvalue weighted by Gasteiger charge is 2.59. The molecule has 0 heterocycles. The van der Waals surface area contributed by atoms with Gasteiger partial charge in [0.15, 0.2) is 11.6 Å². The average Bonchev–Trinajstić information content (AvgIpc) is 2.63. The first-order valence-corrected chi connectivity index (χ1v) is 7.74. The number of hydrogen-bond donors (Lipinski definition) is 0. The van der Waals surface area contributed by atoms with E-state index in [9.17, 15) is 50.0 Å². The summed E-state index contributed by atoms with van der Waals surface area (Å²) in [5, 5.41) is 45.6. The quantitative estimate of drug-likeness (QED) is 0.525. The van der Waals surface area contributed by atoms with Crippen molar-refractivity contribution in [3.05, 3.63) is 86.8 Å². The van der Waals surface area contributed by atoms with Gasteiger partial charge in [-0.3, -0.25) is 50.0 Å². The van der Waals surface area contributed by atoms with Crippen molar-refractivity contribution in [2.24, 2.45) is 11.8 Å². The lowest BCUT2D eigenvalue weighted by atomic mass is 9.67. The van der Waals surface area contributed by atoms with Gasteiger partial charge in [0.2, 0.25) is 0 Å². The number of nitro groups is 4. The van der Waals surface area contributed by atoms with E-state index in [1.54, 1.807) is 0 Å². The summed E-state index contributed by atoms with van der Waals surface area (Å²) < 4.78 is 0. The Labute approximate surface area is 158 Å². The van der Waals surface area contributed by atoms with Gasteiger partial charge in [0.25, 0.3) is 22.8 Å². The Bertz CT molecular complexity index is 1130. The number of rotatable bonds is 4. The normalized spacial score (nSPS) is 20.5. The van der Waals surface area contributed by atoms with E-state index in [2.05, 4.69) is 0 Å². The molecular formula is C15H8N4O10. The first-order chi connectivity index (χ1) is 13.5. The van der Waals surface area contributed by atoms with Crippen molar-refractivity contribution in [1.82, 2.24) is 0 Å². The van der Waals surface area contributed by atoms with Gasteiger partial charge >= 0.3 is 0 Å². The molecular weight excluding hydrogens is 396 g/mol. The van der Waals surface area contributed by atoms with Crippen molar-refractivity contribution in [2.45, 2.75) is 6.92 Å². The summed E-state index contributed by atoms with van der Waals surface area (Å²) in [5.41, 5.74) is -5.81. The Hall–Kier alpha value is -4.36. The Morgan fingerprint density at radius 1 is 0.724 bits per heavy atom. The highest BCUT2D eigenvalue weighted by molar-refractivity contribution is 6.21. The third-order valence-electron chi connectivity index (χ3n) is 4.73. The molecule has 0 aromatic heterocycles. The van der Waals surface area contributed by atoms with Crippen molar-refractivity contribution in [2.75, 3.05) is 0 Å². The SMILES string of the molecule is CC1=C([N+](=O)[O-])C2C(=O)c3c([N+](=O)[O-])ccc([N+](=O)[O-])c3C(=O)C2C([N+](=O)[O-])=C1. The molecule has 2 aliphatic rings. The highest BCUT2D eigenvalue weighted by Crippen LogP contribution is 2.47. The van der Waals surface area contributed by atoms with Crippen molar-refractivity contribution in [3.8, 4) is 0 Å². The van der Waals surface area contributed by atoms with Gasteiger partial charge in [-0.15, -0.1) is 0 Å². The standard InChI is InChI=1S/C15H8N4O10/c1-5-4-8(18(26)27)11-12(13(5)19(28)29)15(21)10-7(17(24)25)3-2-6(16(22)23)9(10)14(11)20/h2-4,11-12H,1H3. The van der Waals surface area contributed by atoms with Gasteiger partial charge in [-0.05, 0) is 6.92 Å². The number of fused-ring (bicyclic) bond motifs is 2. The maximum absolute atomic E-state index is 13.1. The monoisotopic (exact) mass is 404 g/mol. The number of benzene rings is 1. The van der Waals surface area contributed by atoms with Gasteiger partial charge < -0.3 is 0 Å². The largest absolute Gasteiger partial charge is 0.293 e. The molecule has 29 heavy (non-hydrogen) atoms. The van der Waals surface area contributed by atoms with Crippen LogP contribution in [0.1, 0.15) is 27.6 Å². The topological polar surface area (TPSA) is 207 Å². The molecule has 2 atom stereocenters. The maximum Gasteiger partial charge on any atom is 0.281 e. The van der Waals surface area contributed by atoms with E-state index in [1.807, 2.05) is 0 Å². The van der Waals surface area contributed by atoms with Gasteiger partial charge in [-0.2, -0.15) is 0 Å². The molecule has 1 aromatic rings. The zero-order valence-electron chi connectivity index (χ0n) is 14.3. The van der Waals surface area contributed by atoms with Crippen LogP contribution in [-0.2, 0) is 0 Å². The molecule has 3 rings (SSSR count). The van der Waals surface area contributed by atoms with Crippen LogP contribution >= 0.6 is 0 Å². The number of allylic oxidation sites excluding steroid dienone is 4. The van der Waals surface area contributed by atoms with Crippen LogP contribution in [0.15, 0.2) is 35.2 Å². The lowest BCUT2D eigenvalue weighted by Crippen LogP contribution is -2.44. The molecule has 0 bridgehead atoms. The molecule has 0 aliphatic heterocycles. The van der Waals surface area contributed by atoms with Gasteiger partial charge in [-0.1, -0.05) is 0 Å². The van der Waals surface area contributed by atoms with Crippen LogP contribution in [0.2, 0.25) is 0 Å². The number of Topliss-reactive ketones (excluding diaryl/α,β-unsaturated/α-hetero) is 2. The number of nitrogens with zero attached hydrogens (tertiary/aromatic N) is 4. The zero-order valence-corrected chi connectivity index (χ0v) is 14.3. The first-order valence-electron chi connectivity index (χ1n) is 7.74. The van der Waals surface area contributed by atoms with Gasteiger partial charge in [-0.25, -0.2) is 0 Å². The Kier molecular flexibility index (Phi) is 4.26. The Morgan fingerprint density at radius 2 is 1.17 bits per heavy atom. The van der Waals surface area contributed by atoms with Crippen LogP contribution in [0, 0.1) is 52.3 Å². The third kappa shape index (κ3) is 2.65. The second-order valence-electron chi connectivity index (χ2n) is 6.20. The molecule has 2 aliphatic carbocycles. The second-order valence-corrected chi connectivity index (χ2v) is 6.20. The van der Waals surface area contributed by atoms with Crippen LogP contribution in [0.3, 0.4) is 0 Å². The molecule has 0 spiro atoms. The number of carbonyl (C=O) groups excluding carboxylic acids is 2. The molecule has 0 radical (unpaired) electrons. The number of ketones is 2. The summed E-state index contributed by atoms with van der Waals surface area (Å²) in [5.74, 6) is -6.71. The van der Waals surface area contributed by atoms with E-state index < -0.39 is 77.0 Å². The Morgan fingerprint density at radius 3 is 1.55 bits per heavy atom. The third-order valence-corrected chi connectivity index (χ3v) is 4.73. The summed E-state index contributed by atoms with van der Waals surface area (Å²) >= 11 is 0. The van der Waals surface area contributed by atoms with E-state index in [-0.39, 0.29) is 5.57 Å². The summed E-state index contributed by atoms with van der Waals surface area (Å²) in [6.07, 6.45) is 0.749. The summed E-state index contributed by atoms with van der Waals surface area (Å²) in [7, 11) is 0. The fourth-order valence-electron chi connectivity index (χ4n) is 3.64. The molecule has 0 fully saturated rings. The van der Waals surface area contributed by atoms with Crippen LogP contribution in [-0.4, -0.2) is 31.3 Å². The summed E-state index contributed by atoms with van der Waals surface area (Å²) in [4.78, 5) is 67.5.